The van der Waals surface area contributed by atoms with Crippen LogP contribution in [0.25, 0.3) is 11.0 Å². The predicted molar refractivity (Wildman–Crippen MR) is 77.2 cm³/mol. The number of Topliss-reactive ketones (excluding diaryl/α,β-unsaturated/α-hetero) is 1. The molecule has 0 atom stereocenters. The number of esters is 1. The van der Waals surface area contributed by atoms with Crippen LogP contribution in [0.15, 0.2) is 39.5 Å². The van der Waals surface area contributed by atoms with E-state index >= 15 is 0 Å². The zero-order valence-electron chi connectivity index (χ0n) is 12.1. The second-order valence-electron chi connectivity index (χ2n) is 5.73. The number of hydrogen-bond acceptors (Lipinski definition) is 5. The van der Waals surface area contributed by atoms with E-state index in [4.69, 9.17) is 9.15 Å². The fourth-order valence-corrected chi connectivity index (χ4v) is 1.63. The number of carbonyl (C=O) groups is 2. The molecule has 0 saturated heterocycles. The van der Waals surface area contributed by atoms with Gasteiger partial charge in [0.05, 0.1) is 0 Å². The van der Waals surface area contributed by atoms with Gasteiger partial charge in [-0.2, -0.15) is 0 Å². The van der Waals surface area contributed by atoms with Gasteiger partial charge in [0.1, 0.15) is 11.1 Å². The smallest absolute Gasteiger partial charge is 0.351 e. The van der Waals surface area contributed by atoms with Gasteiger partial charge in [-0.15, -0.1) is 0 Å². The van der Waals surface area contributed by atoms with Crippen LogP contribution in [0, 0.1) is 5.41 Å². The van der Waals surface area contributed by atoms with Crippen LogP contribution in [0.5, 0.6) is 0 Å². The van der Waals surface area contributed by atoms with E-state index in [0.29, 0.717) is 11.0 Å². The van der Waals surface area contributed by atoms with Crippen molar-refractivity contribution >= 4 is 22.7 Å². The van der Waals surface area contributed by atoms with Gasteiger partial charge in [0.2, 0.25) is 0 Å². The number of carbonyl (C=O) groups excluding carboxylic acids is 2. The number of fused-ring (bicyclic) bond motifs is 1. The molecule has 1 aromatic carbocycles. The molecule has 21 heavy (non-hydrogen) atoms. The van der Waals surface area contributed by atoms with Crippen molar-refractivity contribution in [2.45, 2.75) is 20.8 Å². The molecule has 0 aliphatic carbocycles. The normalized spacial score (nSPS) is 11.4. The quantitative estimate of drug-likeness (QED) is 0.641. The highest BCUT2D eigenvalue weighted by Gasteiger charge is 2.23. The second-order valence-corrected chi connectivity index (χ2v) is 5.73. The average Bonchev–Trinajstić information content (AvgIpc) is 2.42. The summed E-state index contributed by atoms with van der Waals surface area (Å²) < 4.78 is 9.94. The fourth-order valence-electron chi connectivity index (χ4n) is 1.63. The van der Waals surface area contributed by atoms with Crippen molar-refractivity contribution in [1.29, 1.82) is 0 Å². The van der Waals surface area contributed by atoms with Gasteiger partial charge in [-0.05, 0) is 12.1 Å². The molecule has 2 rings (SSSR count). The minimum absolute atomic E-state index is 0.213. The Morgan fingerprint density at radius 1 is 1.19 bits per heavy atom. The summed E-state index contributed by atoms with van der Waals surface area (Å²) in [7, 11) is 0. The van der Waals surface area contributed by atoms with Gasteiger partial charge in [0.15, 0.2) is 12.4 Å². The Bertz CT molecular complexity index is 749. The van der Waals surface area contributed by atoms with Crippen molar-refractivity contribution in [3.63, 3.8) is 0 Å². The molecule has 2 aromatic rings. The molecule has 5 heteroatoms. The maximum atomic E-state index is 11.9. The van der Waals surface area contributed by atoms with Crippen molar-refractivity contribution in [3.8, 4) is 0 Å². The molecule has 0 amide bonds. The molecule has 0 saturated carbocycles. The van der Waals surface area contributed by atoms with Crippen LogP contribution in [0.3, 0.4) is 0 Å². The number of rotatable bonds is 3. The van der Waals surface area contributed by atoms with Gasteiger partial charge < -0.3 is 9.15 Å². The first-order valence-electron chi connectivity index (χ1n) is 6.52. The average molecular weight is 288 g/mol. The number of ether oxygens (including phenoxy) is 1. The van der Waals surface area contributed by atoms with E-state index in [1.165, 1.54) is 6.07 Å². The highest BCUT2D eigenvalue weighted by atomic mass is 16.5. The van der Waals surface area contributed by atoms with Gasteiger partial charge in [0, 0.05) is 10.8 Å². The molecular weight excluding hydrogens is 272 g/mol. The summed E-state index contributed by atoms with van der Waals surface area (Å²) in [5.74, 6) is -1.08. The van der Waals surface area contributed by atoms with Crippen LogP contribution in [0.2, 0.25) is 0 Å². The molecule has 0 N–H and O–H groups in total. The summed E-state index contributed by atoms with van der Waals surface area (Å²) in [5.41, 5.74) is -1.20. The molecule has 0 unspecified atom stereocenters. The van der Waals surface area contributed by atoms with Crippen molar-refractivity contribution < 1.29 is 18.7 Å². The topological polar surface area (TPSA) is 73.6 Å². The highest BCUT2D eigenvalue weighted by molar-refractivity contribution is 5.94. The summed E-state index contributed by atoms with van der Waals surface area (Å²) in [6.45, 7) is 4.82. The third-order valence-corrected chi connectivity index (χ3v) is 3.03. The van der Waals surface area contributed by atoms with Gasteiger partial charge in [0.25, 0.3) is 0 Å². The summed E-state index contributed by atoms with van der Waals surface area (Å²) >= 11 is 0. The number of hydrogen-bond donors (Lipinski definition) is 0. The maximum Gasteiger partial charge on any atom is 0.351 e. The lowest BCUT2D eigenvalue weighted by Gasteiger charge is -2.15. The predicted octanol–water partition coefficient (Wildman–Crippen LogP) is 2.57. The molecule has 0 fully saturated rings. The first-order chi connectivity index (χ1) is 9.79. The molecule has 0 spiro atoms. The Morgan fingerprint density at radius 3 is 2.52 bits per heavy atom. The van der Waals surface area contributed by atoms with Gasteiger partial charge in [-0.25, -0.2) is 9.59 Å². The molecular formula is C16H16O5. The second kappa shape index (κ2) is 5.52. The number of ketones is 1. The van der Waals surface area contributed by atoms with Gasteiger partial charge in [-0.3, -0.25) is 4.79 Å². The van der Waals surface area contributed by atoms with E-state index in [1.807, 2.05) is 0 Å². The van der Waals surface area contributed by atoms with Crippen LogP contribution in [0.1, 0.15) is 31.1 Å². The van der Waals surface area contributed by atoms with E-state index in [-0.39, 0.29) is 18.0 Å². The van der Waals surface area contributed by atoms with Crippen LogP contribution < -0.4 is 5.63 Å². The Labute approximate surface area is 121 Å². The summed E-state index contributed by atoms with van der Waals surface area (Å²) in [4.78, 5) is 35.4. The molecule has 1 heterocycles. The maximum absolute atomic E-state index is 11.9. The van der Waals surface area contributed by atoms with E-state index in [2.05, 4.69) is 0 Å². The molecule has 1 aromatic heterocycles. The minimum Gasteiger partial charge on any atom is -0.454 e. The van der Waals surface area contributed by atoms with Gasteiger partial charge in [-0.1, -0.05) is 39.0 Å². The lowest BCUT2D eigenvalue weighted by molar-refractivity contribution is -0.129. The molecule has 0 aliphatic rings. The summed E-state index contributed by atoms with van der Waals surface area (Å²) in [6.07, 6.45) is 0. The lowest BCUT2D eigenvalue weighted by atomic mass is 9.91. The Morgan fingerprint density at radius 2 is 1.86 bits per heavy atom. The van der Waals surface area contributed by atoms with Crippen molar-refractivity contribution in [3.05, 3.63) is 46.3 Å². The monoisotopic (exact) mass is 288 g/mol. The Hall–Kier alpha value is -2.43. The van der Waals surface area contributed by atoms with Crippen molar-refractivity contribution in [2.24, 2.45) is 5.41 Å². The van der Waals surface area contributed by atoms with E-state index < -0.39 is 17.0 Å². The van der Waals surface area contributed by atoms with Gasteiger partial charge >= 0.3 is 11.6 Å². The fraction of sp³-hybridized carbons (Fsp3) is 0.312. The summed E-state index contributed by atoms with van der Waals surface area (Å²) in [5, 5.41) is 0.617. The molecule has 0 aliphatic heterocycles. The SMILES string of the molecule is CC(C)(C)C(=O)COC(=O)c1cc2ccccc2oc1=O. The van der Waals surface area contributed by atoms with Crippen LogP contribution in [-0.4, -0.2) is 18.4 Å². The first-order valence-corrected chi connectivity index (χ1v) is 6.52. The third kappa shape index (κ3) is 3.37. The van der Waals surface area contributed by atoms with Crippen LogP contribution in [-0.2, 0) is 9.53 Å². The molecule has 5 nitrogen and oxygen atoms in total. The number of para-hydroxylation sites is 1. The zero-order chi connectivity index (χ0) is 15.6. The molecule has 0 radical (unpaired) electrons. The Balaban J connectivity index is 2.22. The largest absolute Gasteiger partial charge is 0.454 e. The standard InChI is InChI=1S/C16H16O5/c1-16(2,3)13(17)9-20-14(18)11-8-10-6-4-5-7-12(10)21-15(11)19/h4-8H,9H2,1-3H3. The van der Waals surface area contributed by atoms with Crippen LogP contribution >= 0.6 is 0 Å². The molecule has 0 bridgehead atoms. The minimum atomic E-state index is -0.855. The van der Waals surface area contributed by atoms with Crippen molar-refractivity contribution in [2.75, 3.05) is 6.61 Å². The lowest BCUT2D eigenvalue weighted by Crippen LogP contribution is -2.27. The van der Waals surface area contributed by atoms with Crippen molar-refractivity contribution in [1.82, 2.24) is 0 Å². The number of benzene rings is 1. The molecule has 110 valence electrons. The van der Waals surface area contributed by atoms with E-state index in [9.17, 15) is 14.4 Å². The Kier molecular flexibility index (Phi) is 3.93. The van der Waals surface area contributed by atoms with E-state index in [0.717, 1.165) is 0 Å². The highest BCUT2D eigenvalue weighted by Crippen LogP contribution is 2.16. The third-order valence-electron chi connectivity index (χ3n) is 3.03. The van der Waals surface area contributed by atoms with Crippen LogP contribution in [0.4, 0.5) is 0 Å². The summed E-state index contributed by atoms with van der Waals surface area (Å²) in [6, 6.07) is 8.25. The van der Waals surface area contributed by atoms with E-state index in [1.54, 1.807) is 45.0 Å². The zero-order valence-corrected chi connectivity index (χ0v) is 12.1. The first kappa shape index (κ1) is 15.0.